The normalized spacial score (nSPS) is 26.1. The van der Waals surface area contributed by atoms with E-state index in [0.717, 1.165) is 51.3 Å². The first kappa shape index (κ1) is 15.5. The standard InChI is InChI=1S/C18H23N5OS/c24-18(19-15-2-1-3-15)17-21-20-16-6-13-8-22(7-12-4-5-25-11-12)9-14(13)10-23(16)17/h4-5,11,13-15H,1-3,6-10H2,(H,19,24)/t13-,14+/m1/s1. The minimum Gasteiger partial charge on any atom is -0.347 e. The summed E-state index contributed by atoms with van der Waals surface area (Å²) in [6.45, 7) is 4.13. The topological polar surface area (TPSA) is 63.1 Å². The number of carbonyl (C=O) groups is 1. The average molecular weight is 357 g/mol. The number of aromatic nitrogens is 3. The second kappa shape index (κ2) is 6.21. The lowest BCUT2D eigenvalue weighted by molar-refractivity contribution is 0.0898. The molecule has 0 bridgehead atoms. The summed E-state index contributed by atoms with van der Waals surface area (Å²) in [4.78, 5) is 15.1. The first-order valence-corrected chi connectivity index (χ1v) is 10.2. The minimum absolute atomic E-state index is 0.0463. The van der Waals surface area contributed by atoms with E-state index in [1.165, 1.54) is 12.0 Å². The van der Waals surface area contributed by atoms with Crippen molar-refractivity contribution in [2.75, 3.05) is 13.1 Å². The highest BCUT2D eigenvalue weighted by Gasteiger charge is 2.39. The number of likely N-dealkylation sites (tertiary alicyclic amines) is 1. The van der Waals surface area contributed by atoms with Gasteiger partial charge in [0.05, 0.1) is 0 Å². The molecule has 1 amide bonds. The van der Waals surface area contributed by atoms with Crippen LogP contribution in [0.1, 0.15) is 41.3 Å². The highest BCUT2D eigenvalue weighted by atomic mass is 32.1. The quantitative estimate of drug-likeness (QED) is 0.908. The van der Waals surface area contributed by atoms with Crippen molar-refractivity contribution in [2.24, 2.45) is 11.8 Å². The highest BCUT2D eigenvalue weighted by Crippen LogP contribution is 2.33. The summed E-state index contributed by atoms with van der Waals surface area (Å²) in [6, 6.07) is 2.55. The molecule has 1 N–H and O–H groups in total. The van der Waals surface area contributed by atoms with E-state index in [4.69, 9.17) is 0 Å². The van der Waals surface area contributed by atoms with Crippen molar-refractivity contribution in [3.8, 4) is 0 Å². The van der Waals surface area contributed by atoms with Gasteiger partial charge in [-0.25, -0.2) is 0 Å². The van der Waals surface area contributed by atoms with Gasteiger partial charge in [-0.2, -0.15) is 11.3 Å². The number of amides is 1. The third kappa shape index (κ3) is 2.89. The molecule has 2 fully saturated rings. The third-order valence-corrected chi connectivity index (χ3v) is 6.70. The fourth-order valence-electron chi connectivity index (χ4n) is 4.36. The van der Waals surface area contributed by atoms with Crippen LogP contribution in [0.2, 0.25) is 0 Å². The predicted molar refractivity (Wildman–Crippen MR) is 95.4 cm³/mol. The Hall–Kier alpha value is -1.73. The molecule has 25 heavy (non-hydrogen) atoms. The van der Waals surface area contributed by atoms with Crippen LogP contribution in [0, 0.1) is 11.8 Å². The van der Waals surface area contributed by atoms with Crippen molar-refractivity contribution < 1.29 is 4.79 Å². The summed E-state index contributed by atoms with van der Waals surface area (Å²) in [5.74, 6) is 2.68. The lowest BCUT2D eigenvalue weighted by atomic mass is 9.89. The van der Waals surface area contributed by atoms with Crippen molar-refractivity contribution in [1.82, 2.24) is 25.0 Å². The molecule has 3 aliphatic rings. The molecule has 2 aliphatic heterocycles. The maximum absolute atomic E-state index is 12.5. The molecule has 1 aliphatic carbocycles. The number of hydrogen-bond acceptors (Lipinski definition) is 5. The van der Waals surface area contributed by atoms with Crippen LogP contribution in [0.15, 0.2) is 16.8 Å². The molecule has 6 nitrogen and oxygen atoms in total. The van der Waals surface area contributed by atoms with Gasteiger partial charge in [-0.05, 0) is 53.5 Å². The molecule has 5 rings (SSSR count). The average Bonchev–Trinajstić information content (AvgIpc) is 3.27. The Bertz CT molecular complexity index is 767. The molecule has 0 spiro atoms. The van der Waals surface area contributed by atoms with Crippen LogP contribution in [0.4, 0.5) is 0 Å². The van der Waals surface area contributed by atoms with Crippen molar-refractivity contribution in [2.45, 2.75) is 44.8 Å². The number of hydrogen-bond donors (Lipinski definition) is 1. The molecule has 2 atom stereocenters. The second-order valence-corrected chi connectivity index (χ2v) is 8.48. The maximum Gasteiger partial charge on any atom is 0.289 e. The molecule has 0 radical (unpaired) electrons. The SMILES string of the molecule is O=C(NC1CCC1)c1nnc2n1C[C@@H]1CN(Cc3ccsc3)C[C@H]1C2. The summed E-state index contributed by atoms with van der Waals surface area (Å²) in [5.41, 5.74) is 1.41. The zero-order valence-corrected chi connectivity index (χ0v) is 15.0. The van der Waals surface area contributed by atoms with Crippen molar-refractivity contribution in [1.29, 1.82) is 0 Å². The molecule has 2 aromatic rings. The van der Waals surface area contributed by atoms with Gasteiger partial charge in [-0.15, -0.1) is 10.2 Å². The van der Waals surface area contributed by atoms with E-state index in [9.17, 15) is 4.79 Å². The van der Waals surface area contributed by atoms with Crippen molar-refractivity contribution >= 4 is 17.2 Å². The third-order valence-electron chi connectivity index (χ3n) is 5.97. The fourth-order valence-corrected chi connectivity index (χ4v) is 5.02. The zero-order chi connectivity index (χ0) is 16.8. The molecule has 0 unspecified atom stereocenters. The smallest absolute Gasteiger partial charge is 0.289 e. The van der Waals surface area contributed by atoms with Gasteiger partial charge in [0, 0.05) is 38.6 Å². The van der Waals surface area contributed by atoms with E-state index in [1.807, 2.05) is 0 Å². The Labute approximate surface area is 151 Å². The molecule has 4 heterocycles. The van der Waals surface area contributed by atoms with Gasteiger partial charge < -0.3 is 9.88 Å². The number of thiophene rings is 1. The van der Waals surface area contributed by atoms with E-state index >= 15 is 0 Å². The molecule has 132 valence electrons. The highest BCUT2D eigenvalue weighted by molar-refractivity contribution is 7.07. The Morgan fingerprint density at radius 1 is 1.24 bits per heavy atom. The van der Waals surface area contributed by atoms with Crippen LogP contribution < -0.4 is 5.32 Å². The fraction of sp³-hybridized carbons (Fsp3) is 0.611. The first-order chi connectivity index (χ1) is 12.3. The van der Waals surface area contributed by atoms with Gasteiger partial charge in [0.15, 0.2) is 0 Å². The number of nitrogens with zero attached hydrogens (tertiary/aromatic N) is 4. The summed E-state index contributed by atoms with van der Waals surface area (Å²) in [5, 5.41) is 16.0. The molecule has 2 aromatic heterocycles. The van der Waals surface area contributed by atoms with E-state index in [0.29, 0.717) is 23.7 Å². The molecule has 7 heteroatoms. The van der Waals surface area contributed by atoms with Crippen LogP contribution >= 0.6 is 11.3 Å². The lowest BCUT2D eigenvalue weighted by Gasteiger charge is -2.28. The summed E-state index contributed by atoms with van der Waals surface area (Å²) in [7, 11) is 0. The van der Waals surface area contributed by atoms with Gasteiger partial charge >= 0.3 is 0 Å². The second-order valence-electron chi connectivity index (χ2n) is 7.70. The van der Waals surface area contributed by atoms with E-state index in [2.05, 4.69) is 41.8 Å². The Morgan fingerprint density at radius 2 is 2.12 bits per heavy atom. The number of rotatable bonds is 4. The number of fused-ring (bicyclic) bond motifs is 2. The van der Waals surface area contributed by atoms with Gasteiger partial charge in [0.25, 0.3) is 5.91 Å². The monoisotopic (exact) mass is 357 g/mol. The molecule has 1 saturated heterocycles. The number of nitrogens with one attached hydrogen (secondary N) is 1. The lowest BCUT2D eigenvalue weighted by Crippen LogP contribution is -2.41. The van der Waals surface area contributed by atoms with E-state index < -0.39 is 0 Å². The van der Waals surface area contributed by atoms with Gasteiger partial charge in [-0.3, -0.25) is 9.69 Å². The Kier molecular flexibility index (Phi) is 3.86. The summed E-state index contributed by atoms with van der Waals surface area (Å²) >= 11 is 1.76. The predicted octanol–water partition coefficient (Wildman–Crippen LogP) is 1.93. The Morgan fingerprint density at radius 3 is 2.88 bits per heavy atom. The summed E-state index contributed by atoms with van der Waals surface area (Å²) < 4.78 is 2.07. The van der Waals surface area contributed by atoms with Gasteiger partial charge in [0.2, 0.25) is 5.82 Å². The molecule has 0 aromatic carbocycles. The molecular weight excluding hydrogens is 334 g/mol. The van der Waals surface area contributed by atoms with Gasteiger partial charge in [-0.1, -0.05) is 0 Å². The minimum atomic E-state index is -0.0463. The van der Waals surface area contributed by atoms with Crippen LogP contribution in [-0.4, -0.2) is 44.7 Å². The van der Waals surface area contributed by atoms with E-state index in [-0.39, 0.29) is 5.91 Å². The van der Waals surface area contributed by atoms with E-state index in [1.54, 1.807) is 11.3 Å². The molecule has 1 saturated carbocycles. The van der Waals surface area contributed by atoms with Crippen LogP contribution in [-0.2, 0) is 19.5 Å². The van der Waals surface area contributed by atoms with Gasteiger partial charge in [0.1, 0.15) is 5.82 Å². The maximum atomic E-state index is 12.5. The van der Waals surface area contributed by atoms with Crippen LogP contribution in [0.3, 0.4) is 0 Å². The van der Waals surface area contributed by atoms with Crippen LogP contribution in [0.5, 0.6) is 0 Å². The number of carbonyl (C=O) groups excluding carboxylic acids is 1. The van der Waals surface area contributed by atoms with Crippen LogP contribution in [0.25, 0.3) is 0 Å². The molecular formula is C18H23N5OS. The largest absolute Gasteiger partial charge is 0.347 e. The van der Waals surface area contributed by atoms with Crippen molar-refractivity contribution in [3.63, 3.8) is 0 Å². The zero-order valence-electron chi connectivity index (χ0n) is 14.2. The Balaban J connectivity index is 1.28. The van der Waals surface area contributed by atoms with Crippen molar-refractivity contribution in [3.05, 3.63) is 34.0 Å². The summed E-state index contributed by atoms with van der Waals surface area (Å²) in [6.07, 6.45) is 4.34. The first-order valence-electron chi connectivity index (χ1n) is 9.22.